The van der Waals surface area contributed by atoms with Crippen LogP contribution < -0.4 is 5.32 Å². The highest BCUT2D eigenvalue weighted by atomic mass is 19.1. The largest absolute Gasteiger partial charge is 0.444 e. The molecule has 2 aliphatic heterocycles. The van der Waals surface area contributed by atoms with Gasteiger partial charge in [-0.05, 0) is 58.6 Å². The van der Waals surface area contributed by atoms with Gasteiger partial charge in [-0.2, -0.15) is 0 Å². The summed E-state index contributed by atoms with van der Waals surface area (Å²) in [5, 5.41) is 2.93. The number of piperidine rings is 1. The lowest BCUT2D eigenvalue weighted by Gasteiger charge is -2.39. The molecule has 2 atom stereocenters. The lowest BCUT2D eigenvalue weighted by atomic mass is 9.97. The number of hydrogen-bond donors (Lipinski definition) is 1. The van der Waals surface area contributed by atoms with Gasteiger partial charge in [-0.25, -0.2) is 9.18 Å². The molecule has 2 unspecified atom stereocenters. The molecule has 2 aliphatic rings. The van der Waals surface area contributed by atoms with Crippen molar-refractivity contribution in [3.63, 3.8) is 0 Å². The second-order valence-electron chi connectivity index (χ2n) is 7.89. The van der Waals surface area contributed by atoms with Gasteiger partial charge >= 0.3 is 6.09 Å². The maximum Gasteiger partial charge on any atom is 0.410 e. The van der Waals surface area contributed by atoms with Crippen LogP contribution in [0.15, 0.2) is 24.3 Å². The van der Waals surface area contributed by atoms with Gasteiger partial charge in [0.15, 0.2) is 0 Å². The zero-order chi connectivity index (χ0) is 18.2. The van der Waals surface area contributed by atoms with Gasteiger partial charge in [0.25, 0.3) is 5.91 Å². The first-order valence-corrected chi connectivity index (χ1v) is 8.81. The predicted octanol–water partition coefficient (Wildman–Crippen LogP) is 3.49. The number of rotatable bonds is 2. The number of nitrogens with one attached hydrogen (secondary N) is 1. The summed E-state index contributed by atoms with van der Waals surface area (Å²) in [6.07, 6.45) is 2.90. The van der Waals surface area contributed by atoms with Crippen molar-refractivity contribution in [1.82, 2.24) is 10.2 Å². The van der Waals surface area contributed by atoms with E-state index in [0.717, 1.165) is 12.8 Å². The Hall–Kier alpha value is -2.11. The molecule has 2 bridgehead atoms. The van der Waals surface area contributed by atoms with Crippen molar-refractivity contribution in [2.45, 2.75) is 70.2 Å². The van der Waals surface area contributed by atoms with Gasteiger partial charge in [-0.3, -0.25) is 4.79 Å². The lowest BCUT2D eigenvalue weighted by Crippen LogP contribution is -2.53. The average Bonchev–Trinajstić information content (AvgIpc) is 2.77. The standard InChI is InChI=1S/C19H25FN2O3/c1-19(2,3)25-18(24)22-13-8-9-14(22)11-12(10-13)21-17(23)15-6-4-5-7-16(15)20/h4-7,12-14H,8-11H2,1-3H3,(H,21,23). The van der Waals surface area contributed by atoms with Crippen molar-refractivity contribution in [1.29, 1.82) is 0 Å². The number of carbonyl (C=O) groups is 2. The highest BCUT2D eigenvalue weighted by Crippen LogP contribution is 2.37. The van der Waals surface area contributed by atoms with E-state index in [1.807, 2.05) is 25.7 Å². The number of benzene rings is 1. The normalized spacial score (nSPS) is 25.6. The van der Waals surface area contributed by atoms with E-state index >= 15 is 0 Å². The third-order valence-corrected chi connectivity index (χ3v) is 4.79. The number of hydrogen-bond acceptors (Lipinski definition) is 3. The van der Waals surface area contributed by atoms with Crippen LogP contribution in [0.3, 0.4) is 0 Å². The van der Waals surface area contributed by atoms with Crippen molar-refractivity contribution in [2.24, 2.45) is 0 Å². The summed E-state index contributed by atoms with van der Waals surface area (Å²) >= 11 is 0. The van der Waals surface area contributed by atoms with E-state index in [1.54, 1.807) is 12.1 Å². The van der Waals surface area contributed by atoms with Crippen LogP contribution in [0.25, 0.3) is 0 Å². The van der Waals surface area contributed by atoms with E-state index in [9.17, 15) is 14.0 Å². The number of nitrogens with zero attached hydrogens (tertiary/aromatic N) is 1. The minimum absolute atomic E-state index is 0.0525. The molecule has 1 N–H and O–H groups in total. The minimum atomic E-state index is -0.521. The first-order valence-electron chi connectivity index (χ1n) is 8.81. The van der Waals surface area contributed by atoms with E-state index < -0.39 is 17.3 Å². The van der Waals surface area contributed by atoms with Crippen LogP contribution in [0.1, 0.15) is 56.8 Å². The fraction of sp³-hybridized carbons (Fsp3) is 0.579. The van der Waals surface area contributed by atoms with Gasteiger partial charge in [0, 0.05) is 18.1 Å². The Bertz CT molecular complexity index is 657. The number of amides is 2. The molecule has 136 valence electrons. The van der Waals surface area contributed by atoms with Crippen molar-refractivity contribution in [3.8, 4) is 0 Å². The van der Waals surface area contributed by atoms with Gasteiger partial charge in [-0.15, -0.1) is 0 Å². The SMILES string of the molecule is CC(C)(C)OC(=O)N1C2CCC1CC(NC(=O)c1ccccc1F)C2. The average molecular weight is 348 g/mol. The first-order chi connectivity index (χ1) is 11.7. The van der Waals surface area contributed by atoms with E-state index in [-0.39, 0.29) is 29.8 Å². The molecule has 0 aromatic heterocycles. The molecule has 3 rings (SSSR count). The fourth-order valence-electron chi connectivity index (χ4n) is 3.82. The third-order valence-electron chi connectivity index (χ3n) is 4.79. The second-order valence-corrected chi connectivity index (χ2v) is 7.89. The maximum absolute atomic E-state index is 13.8. The minimum Gasteiger partial charge on any atom is -0.444 e. The Morgan fingerprint density at radius 1 is 1.16 bits per heavy atom. The summed E-state index contributed by atoms with van der Waals surface area (Å²) < 4.78 is 19.3. The van der Waals surface area contributed by atoms with Crippen LogP contribution in [0.5, 0.6) is 0 Å². The van der Waals surface area contributed by atoms with Gasteiger partial charge < -0.3 is 15.0 Å². The molecule has 1 aromatic rings. The molecule has 25 heavy (non-hydrogen) atoms. The summed E-state index contributed by atoms with van der Waals surface area (Å²) in [7, 11) is 0. The monoisotopic (exact) mass is 348 g/mol. The summed E-state index contributed by atoms with van der Waals surface area (Å²) in [4.78, 5) is 26.6. The molecular weight excluding hydrogens is 323 g/mol. The Morgan fingerprint density at radius 2 is 1.76 bits per heavy atom. The lowest BCUT2D eigenvalue weighted by molar-refractivity contribution is 0.00500. The molecule has 1 aromatic carbocycles. The van der Waals surface area contributed by atoms with Crippen LogP contribution in [-0.2, 0) is 4.74 Å². The van der Waals surface area contributed by atoms with E-state index in [4.69, 9.17) is 4.74 Å². The molecule has 2 fully saturated rings. The summed E-state index contributed by atoms with van der Waals surface area (Å²) in [5.41, 5.74) is -0.462. The Balaban J connectivity index is 1.63. The maximum atomic E-state index is 13.8. The zero-order valence-corrected chi connectivity index (χ0v) is 14.9. The Labute approximate surface area is 147 Å². The Kier molecular flexibility index (Phi) is 4.71. The number of carbonyl (C=O) groups excluding carboxylic acids is 2. The molecular formula is C19H25FN2O3. The van der Waals surface area contributed by atoms with E-state index in [0.29, 0.717) is 12.8 Å². The molecule has 0 radical (unpaired) electrons. The Morgan fingerprint density at radius 3 is 2.32 bits per heavy atom. The highest BCUT2D eigenvalue weighted by molar-refractivity contribution is 5.94. The van der Waals surface area contributed by atoms with Crippen LogP contribution in [0.2, 0.25) is 0 Å². The van der Waals surface area contributed by atoms with Crippen molar-refractivity contribution in [2.75, 3.05) is 0 Å². The molecule has 0 saturated carbocycles. The molecule has 0 spiro atoms. The van der Waals surface area contributed by atoms with Gasteiger partial charge in [0.05, 0.1) is 5.56 Å². The second kappa shape index (κ2) is 6.65. The molecule has 2 heterocycles. The summed E-state index contributed by atoms with van der Waals surface area (Å²) in [6, 6.07) is 6.06. The van der Waals surface area contributed by atoms with Gasteiger partial charge in [-0.1, -0.05) is 12.1 Å². The summed E-state index contributed by atoms with van der Waals surface area (Å²) in [6.45, 7) is 5.57. The first kappa shape index (κ1) is 17.7. The molecule has 5 nitrogen and oxygen atoms in total. The van der Waals surface area contributed by atoms with E-state index in [1.165, 1.54) is 12.1 Å². The molecule has 2 saturated heterocycles. The summed E-state index contributed by atoms with van der Waals surface area (Å²) in [5.74, 6) is -0.914. The topological polar surface area (TPSA) is 58.6 Å². The van der Waals surface area contributed by atoms with Gasteiger partial charge in [0.1, 0.15) is 11.4 Å². The number of fused-ring (bicyclic) bond motifs is 2. The van der Waals surface area contributed by atoms with Crippen LogP contribution in [-0.4, -0.2) is 40.6 Å². The van der Waals surface area contributed by atoms with E-state index in [2.05, 4.69) is 5.32 Å². The third kappa shape index (κ3) is 3.94. The highest BCUT2D eigenvalue weighted by Gasteiger charge is 2.45. The quantitative estimate of drug-likeness (QED) is 0.890. The van der Waals surface area contributed by atoms with Crippen molar-refractivity contribution >= 4 is 12.0 Å². The zero-order valence-electron chi connectivity index (χ0n) is 14.9. The van der Waals surface area contributed by atoms with Crippen LogP contribution in [0, 0.1) is 5.82 Å². The fourth-order valence-corrected chi connectivity index (χ4v) is 3.82. The van der Waals surface area contributed by atoms with Crippen LogP contribution in [0.4, 0.5) is 9.18 Å². The molecule has 2 amide bonds. The number of halogens is 1. The van der Waals surface area contributed by atoms with Gasteiger partial charge in [0.2, 0.25) is 0 Å². The van der Waals surface area contributed by atoms with Crippen molar-refractivity contribution in [3.05, 3.63) is 35.6 Å². The molecule has 6 heteroatoms. The predicted molar refractivity (Wildman–Crippen MR) is 91.8 cm³/mol. The number of ether oxygens (including phenoxy) is 1. The van der Waals surface area contributed by atoms with Crippen LogP contribution >= 0.6 is 0 Å². The smallest absolute Gasteiger partial charge is 0.410 e. The van der Waals surface area contributed by atoms with Crippen molar-refractivity contribution < 1.29 is 18.7 Å². The molecule has 0 aliphatic carbocycles.